The molecular formula is C23H28N2O2S. The van der Waals surface area contributed by atoms with Crippen LogP contribution in [-0.2, 0) is 0 Å². The number of ether oxygens (including phenoxy) is 2. The van der Waals surface area contributed by atoms with Gasteiger partial charge in [0.2, 0.25) is 0 Å². The quantitative estimate of drug-likeness (QED) is 0.659. The maximum atomic E-state index is 6.10. The van der Waals surface area contributed by atoms with E-state index in [1.54, 1.807) is 0 Å². The molecule has 4 rings (SSSR count). The zero-order valence-electron chi connectivity index (χ0n) is 16.5. The minimum atomic E-state index is -0.235. The van der Waals surface area contributed by atoms with Crippen LogP contribution in [0, 0.1) is 0 Å². The van der Waals surface area contributed by atoms with Crippen molar-refractivity contribution in [2.24, 2.45) is 0 Å². The van der Waals surface area contributed by atoms with Crippen LogP contribution in [0.4, 0.5) is 5.69 Å². The van der Waals surface area contributed by atoms with E-state index in [2.05, 4.69) is 30.5 Å². The molecule has 1 atom stereocenters. The molecule has 1 aliphatic carbocycles. The molecule has 1 aliphatic heterocycles. The van der Waals surface area contributed by atoms with Gasteiger partial charge in [-0.3, -0.25) is 0 Å². The Balaban J connectivity index is 1.37. The number of nitrogens with one attached hydrogen (secondary N) is 2. The number of benzene rings is 2. The maximum absolute atomic E-state index is 6.10. The SMILES string of the molecule is CC1(C)C[C@@H](NC(=S)Nc2ccc(OC3CCCC3)cc2)c2ccccc2O1. The maximum Gasteiger partial charge on any atom is 0.171 e. The van der Waals surface area contributed by atoms with Gasteiger partial charge in [-0.15, -0.1) is 0 Å². The number of hydrogen-bond donors (Lipinski definition) is 2. The summed E-state index contributed by atoms with van der Waals surface area (Å²) < 4.78 is 12.1. The molecule has 0 aromatic heterocycles. The summed E-state index contributed by atoms with van der Waals surface area (Å²) in [5.74, 6) is 1.85. The van der Waals surface area contributed by atoms with Gasteiger partial charge in [-0.05, 0) is 82.1 Å². The predicted octanol–water partition coefficient (Wildman–Crippen LogP) is 5.60. The number of hydrogen-bond acceptors (Lipinski definition) is 3. The first-order chi connectivity index (χ1) is 13.5. The van der Waals surface area contributed by atoms with Gasteiger partial charge < -0.3 is 20.1 Å². The normalized spacial score (nSPS) is 20.7. The number of fused-ring (bicyclic) bond motifs is 1. The zero-order valence-corrected chi connectivity index (χ0v) is 17.4. The summed E-state index contributed by atoms with van der Waals surface area (Å²) in [4.78, 5) is 0. The lowest BCUT2D eigenvalue weighted by Crippen LogP contribution is -2.42. The first-order valence-electron chi connectivity index (χ1n) is 10.1. The van der Waals surface area contributed by atoms with Gasteiger partial charge in [0.15, 0.2) is 5.11 Å². The highest BCUT2D eigenvalue weighted by atomic mass is 32.1. The molecule has 0 amide bonds. The first kappa shape index (κ1) is 19.1. The fourth-order valence-electron chi connectivity index (χ4n) is 4.07. The van der Waals surface area contributed by atoms with Gasteiger partial charge in [-0.25, -0.2) is 0 Å². The van der Waals surface area contributed by atoms with E-state index < -0.39 is 0 Å². The Hall–Kier alpha value is -2.27. The molecule has 1 saturated carbocycles. The molecule has 2 aromatic rings. The molecule has 28 heavy (non-hydrogen) atoms. The predicted molar refractivity (Wildman–Crippen MR) is 117 cm³/mol. The lowest BCUT2D eigenvalue weighted by atomic mass is 9.90. The van der Waals surface area contributed by atoms with E-state index in [9.17, 15) is 0 Å². The lowest BCUT2D eigenvalue weighted by molar-refractivity contribution is 0.0697. The van der Waals surface area contributed by atoms with Gasteiger partial charge in [-0.2, -0.15) is 0 Å². The zero-order chi connectivity index (χ0) is 19.6. The van der Waals surface area contributed by atoms with Crippen molar-refractivity contribution in [1.82, 2.24) is 5.32 Å². The van der Waals surface area contributed by atoms with Gasteiger partial charge in [0.1, 0.15) is 17.1 Å². The molecule has 0 saturated heterocycles. The van der Waals surface area contributed by atoms with Crippen molar-refractivity contribution in [2.75, 3.05) is 5.32 Å². The van der Waals surface area contributed by atoms with Crippen molar-refractivity contribution < 1.29 is 9.47 Å². The summed E-state index contributed by atoms with van der Waals surface area (Å²) in [5.41, 5.74) is 1.86. The molecule has 0 spiro atoms. The molecule has 2 aliphatic rings. The molecular weight excluding hydrogens is 368 g/mol. The second kappa shape index (κ2) is 8.00. The Bertz CT molecular complexity index is 829. The second-order valence-corrected chi connectivity index (χ2v) is 8.71. The second-order valence-electron chi connectivity index (χ2n) is 8.30. The van der Waals surface area contributed by atoms with Gasteiger partial charge in [0.05, 0.1) is 12.1 Å². The molecule has 0 unspecified atom stereocenters. The Morgan fingerprint density at radius 1 is 1.07 bits per heavy atom. The molecule has 0 radical (unpaired) electrons. The Kier molecular flexibility index (Phi) is 5.44. The van der Waals surface area contributed by atoms with E-state index in [0.29, 0.717) is 11.2 Å². The molecule has 2 N–H and O–H groups in total. The van der Waals surface area contributed by atoms with Crippen LogP contribution in [-0.4, -0.2) is 16.8 Å². The van der Waals surface area contributed by atoms with E-state index >= 15 is 0 Å². The van der Waals surface area contributed by atoms with E-state index in [4.69, 9.17) is 21.7 Å². The van der Waals surface area contributed by atoms with Crippen molar-refractivity contribution in [2.45, 2.75) is 63.7 Å². The smallest absolute Gasteiger partial charge is 0.171 e. The van der Waals surface area contributed by atoms with Crippen molar-refractivity contribution in [3.63, 3.8) is 0 Å². The summed E-state index contributed by atoms with van der Waals surface area (Å²) in [6, 6.07) is 16.3. The Morgan fingerprint density at radius 2 is 1.79 bits per heavy atom. The number of rotatable bonds is 4. The Morgan fingerprint density at radius 3 is 2.54 bits per heavy atom. The molecule has 4 nitrogen and oxygen atoms in total. The van der Waals surface area contributed by atoms with Crippen LogP contribution in [0.25, 0.3) is 0 Å². The Labute approximate surface area is 172 Å². The largest absolute Gasteiger partial charge is 0.490 e. The highest BCUT2D eigenvalue weighted by Gasteiger charge is 2.33. The number of thiocarbonyl (C=S) groups is 1. The molecule has 1 fully saturated rings. The fraction of sp³-hybridized carbons (Fsp3) is 0.435. The van der Waals surface area contributed by atoms with Crippen LogP contribution in [0.5, 0.6) is 11.5 Å². The van der Waals surface area contributed by atoms with Gasteiger partial charge >= 0.3 is 0 Å². The molecule has 148 valence electrons. The average Bonchev–Trinajstić information content (AvgIpc) is 3.15. The number of para-hydroxylation sites is 1. The minimum Gasteiger partial charge on any atom is -0.490 e. The third-order valence-electron chi connectivity index (χ3n) is 5.40. The fourth-order valence-corrected chi connectivity index (χ4v) is 4.33. The lowest BCUT2D eigenvalue weighted by Gasteiger charge is -2.38. The molecule has 1 heterocycles. The molecule has 5 heteroatoms. The van der Waals surface area contributed by atoms with Crippen molar-refractivity contribution in [1.29, 1.82) is 0 Å². The van der Waals surface area contributed by atoms with Gasteiger partial charge in [0, 0.05) is 17.7 Å². The highest BCUT2D eigenvalue weighted by molar-refractivity contribution is 7.80. The summed E-state index contributed by atoms with van der Waals surface area (Å²) in [7, 11) is 0. The van der Waals surface area contributed by atoms with Crippen LogP contribution in [0.3, 0.4) is 0 Å². The standard InChI is InChI=1S/C23H28N2O2S/c1-23(2)15-20(19-9-5-6-10-21(19)27-23)25-22(28)24-16-11-13-18(14-12-16)26-17-7-3-4-8-17/h5-6,9-14,17,20H,3-4,7-8,15H2,1-2H3,(H2,24,25,28)/t20-/m1/s1. The van der Waals surface area contributed by atoms with E-state index in [-0.39, 0.29) is 11.6 Å². The summed E-state index contributed by atoms with van der Waals surface area (Å²) in [6.07, 6.45) is 6.10. The van der Waals surface area contributed by atoms with Crippen LogP contribution in [0.2, 0.25) is 0 Å². The van der Waals surface area contributed by atoms with E-state index in [1.807, 2.05) is 42.5 Å². The van der Waals surface area contributed by atoms with Gasteiger partial charge in [0.25, 0.3) is 0 Å². The summed E-state index contributed by atoms with van der Waals surface area (Å²) >= 11 is 5.58. The minimum absolute atomic E-state index is 0.116. The van der Waals surface area contributed by atoms with E-state index in [0.717, 1.165) is 42.0 Å². The summed E-state index contributed by atoms with van der Waals surface area (Å²) in [5, 5.41) is 7.37. The third kappa shape index (κ3) is 4.58. The monoisotopic (exact) mass is 396 g/mol. The molecule has 2 aromatic carbocycles. The first-order valence-corrected chi connectivity index (χ1v) is 10.5. The van der Waals surface area contributed by atoms with Crippen molar-refractivity contribution >= 4 is 23.0 Å². The third-order valence-corrected chi connectivity index (χ3v) is 5.62. The van der Waals surface area contributed by atoms with Crippen LogP contribution in [0.1, 0.15) is 57.6 Å². The van der Waals surface area contributed by atoms with E-state index in [1.165, 1.54) is 12.8 Å². The topological polar surface area (TPSA) is 42.5 Å². The molecule has 0 bridgehead atoms. The highest BCUT2D eigenvalue weighted by Crippen LogP contribution is 2.39. The average molecular weight is 397 g/mol. The van der Waals surface area contributed by atoms with Crippen molar-refractivity contribution in [3.05, 3.63) is 54.1 Å². The van der Waals surface area contributed by atoms with Crippen LogP contribution >= 0.6 is 12.2 Å². The number of anilines is 1. The van der Waals surface area contributed by atoms with Crippen LogP contribution < -0.4 is 20.1 Å². The summed E-state index contributed by atoms with van der Waals surface area (Å²) in [6.45, 7) is 4.22. The van der Waals surface area contributed by atoms with Crippen molar-refractivity contribution in [3.8, 4) is 11.5 Å². The van der Waals surface area contributed by atoms with Gasteiger partial charge in [-0.1, -0.05) is 18.2 Å². The van der Waals surface area contributed by atoms with Crippen LogP contribution in [0.15, 0.2) is 48.5 Å².